The number of nitrogens with zero attached hydrogens (tertiary/aromatic N) is 3. The Kier molecular flexibility index (Phi) is 7.83. The maximum Gasteiger partial charge on any atom is 0.0702 e. The van der Waals surface area contributed by atoms with Crippen molar-refractivity contribution in [2.24, 2.45) is 0 Å². The summed E-state index contributed by atoms with van der Waals surface area (Å²) < 4.78 is 0. The number of fused-ring (bicyclic) bond motifs is 11. The molecule has 0 aliphatic carbocycles. The zero-order chi connectivity index (χ0) is 40.4. The summed E-state index contributed by atoms with van der Waals surface area (Å²) in [4.78, 5) is 30.3. The van der Waals surface area contributed by atoms with Crippen LogP contribution in [0.5, 0.6) is 0 Å². The van der Waals surface area contributed by atoms with E-state index in [4.69, 9.17) is 20.7 Å². The van der Waals surface area contributed by atoms with E-state index in [0.29, 0.717) is 5.69 Å². The molecule has 7 aromatic heterocycles. The summed E-state index contributed by atoms with van der Waals surface area (Å²) in [6.07, 6.45) is 5.90. The number of rotatable bonds is 4. The molecule has 61 heavy (non-hydrogen) atoms. The minimum absolute atomic E-state index is 0.705. The van der Waals surface area contributed by atoms with Crippen molar-refractivity contribution in [1.82, 2.24) is 34.9 Å². The number of hydrogen-bond donors (Lipinski definition) is 5. The molecular formula is C53H36N8. The van der Waals surface area contributed by atoms with Gasteiger partial charge in [-0.05, 0) is 103 Å². The smallest absolute Gasteiger partial charge is 0.0702 e. The first kappa shape index (κ1) is 34.5. The van der Waals surface area contributed by atoms with Gasteiger partial charge in [-0.15, -0.1) is 0 Å². The molecule has 0 saturated heterocycles. The molecule has 0 radical (unpaired) electrons. The van der Waals surface area contributed by atoms with Gasteiger partial charge in [0.2, 0.25) is 0 Å². The highest BCUT2D eigenvalue weighted by atomic mass is 14.8. The molecule has 0 atom stereocenters. The van der Waals surface area contributed by atoms with Crippen molar-refractivity contribution in [2.45, 2.75) is 0 Å². The molecule has 8 bridgehead atoms. The van der Waals surface area contributed by atoms with Crippen molar-refractivity contribution in [3.05, 3.63) is 249 Å². The largest absolute Gasteiger partial charge is 0.399 e. The number of anilines is 1. The molecule has 11 aromatic rings. The average molecular weight is 785 g/mol. The molecule has 0 unspecified atom stereocenters. The summed E-state index contributed by atoms with van der Waals surface area (Å²) >= 11 is 0. The third-order valence-corrected chi connectivity index (χ3v) is 11.7. The van der Waals surface area contributed by atoms with Gasteiger partial charge in [0.25, 0.3) is 0 Å². The van der Waals surface area contributed by atoms with Gasteiger partial charge in [-0.2, -0.15) is 0 Å². The number of benzene rings is 4. The number of aromatic amines is 4. The summed E-state index contributed by atoms with van der Waals surface area (Å²) in [5, 5.41) is 6.96. The highest BCUT2D eigenvalue weighted by molar-refractivity contribution is 5.90. The average Bonchev–Trinajstić information content (AvgIpc) is 4.15. The Morgan fingerprint density at radius 3 is 1.00 bits per heavy atom. The number of nitrogens with two attached hydrogens (primary N) is 1. The zero-order valence-corrected chi connectivity index (χ0v) is 32.7. The first-order chi connectivity index (χ1) is 30.1. The van der Waals surface area contributed by atoms with E-state index in [2.05, 4.69) is 135 Å². The topological polar surface area (TPSA) is 128 Å². The molecule has 0 amide bonds. The van der Waals surface area contributed by atoms with E-state index in [0.717, 1.165) is 121 Å². The highest BCUT2D eigenvalue weighted by Crippen LogP contribution is 2.30. The van der Waals surface area contributed by atoms with Crippen LogP contribution in [0, 0.1) is 0 Å². The lowest BCUT2D eigenvalue weighted by molar-refractivity contribution is 1.18. The normalized spacial score (nSPS) is 12.9. The van der Waals surface area contributed by atoms with Crippen LogP contribution in [0.4, 0.5) is 5.69 Å². The van der Waals surface area contributed by atoms with E-state index in [1.807, 2.05) is 67.1 Å². The Labute approximate surface area is 348 Å². The fraction of sp³-hybridized carbons (Fsp3) is 0. The van der Waals surface area contributed by atoms with Gasteiger partial charge in [-0.1, -0.05) is 66.7 Å². The van der Waals surface area contributed by atoms with Crippen LogP contribution in [-0.4, -0.2) is 34.9 Å². The first-order valence-corrected chi connectivity index (χ1v) is 20.3. The number of pyridine rings is 3. The molecule has 1 aliphatic rings. The van der Waals surface area contributed by atoms with Gasteiger partial charge in [-0.25, -0.2) is 0 Å². The summed E-state index contributed by atoms with van der Waals surface area (Å²) in [5.74, 6) is 0. The van der Waals surface area contributed by atoms with Gasteiger partial charge in [0.1, 0.15) is 0 Å². The number of aromatic nitrogens is 7. The van der Waals surface area contributed by atoms with Gasteiger partial charge in [0, 0.05) is 124 Å². The van der Waals surface area contributed by atoms with Gasteiger partial charge in [-0.3, -0.25) is 15.0 Å². The molecule has 0 spiro atoms. The van der Waals surface area contributed by atoms with Gasteiger partial charge in [0.05, 0.1) is 16.6 Å². The molecule has 288 valence electrons. The van der Waals surface area contributed by atoms with Crippen molar-refractivity contribution in [2.75, 3.05) is 5.73 Å². The van der Waals surface area contributed by atoms with Gasteiger partial charge >= 0.3 is 0 Å². The standard InChI is InChI=1S/C53H36N8/c54-38-15-13-31(14-16-38)50-42-17-19-44(58-42)51(35-25-32-7-1-4-10-39(32)55-28-35)46-21-23-48(60-46)53(37-27-34-9-3-6-12-41(34)57-30-37)49-24-22-47(61-49)52(45-20-18-43(50)59-45)36-26-33-8-2-5-11-40(33)56-29-36/h1-30,58-61H,54H2. The second kappa shape index (κ2) is 13.8. The number of nitrogen functional groups attached to an aromatic ring is 1. The van der Waals surface area contributed by atoms with E-state index < -0.39 is 0 Å². The number of nitrogens with one attached hydrogen (secondary N) is 4. The third-order valence-electron chi connectivity index (χ3n) is 11.7. The number of hydrogen-bond acceptors (Lipinski definition) is 4. The molecule has 8 nitrogen and oxygen atoms in total. The lowest BCUT2D eigenvalue weighted by atomic mass is 10.0. The van der Waals surface area contributed by atoms with Crippen molar-refractivity contribution in [3.63, 3.8) is 0 Å². The summed E-state index contributed by atoms with van der Waals surface area (Å²) in [6, 6.07) is 56.7. The fourth-order valence-electron chi connectivity index (χ4n) is 8.84. The molecule has 0 fully saturated rings. The zero-order valence-electron chi connectivity index (χ0n) is 32.7. The molecule has 8 heterocycles. The van der Waals surface area contributed by atoms with Crippen LogP contribution in [0.3, 0.4) is 0 Å². The lowest BCUT2D eigenvalue weighted by Gasteiger charge is -2.10. The third kappa shape index (κ3) is 5.96. The fourth-order valence-corrected chi connectivity index (χ4v) is 8.84. The van der Waals surface area contributed by atoms with Crippen molar-refractivity contribution in [1.29, 1.82) is 0 Å². The van der Waals surface area contributed by atoms with E-state index in [1.54, 1.807) is 0 Å². The Morgan fingerprint density at radius 1 is 0.311 bits per heavy atom. The summed E-state index contributed by atoms with van der Waals surface area (Å²) in [5.41, 5.74) is 21.5. The molecular weight excluding hydrogens is 749 g/mol. The predicted octanol–water partition coefficient (Wildman–Crippen LogP) is 7.53. The quantitative estimate of drug-likeness (QED) is 0.118. The molecule has 1 aliphatic heterocycles. The Hall–Kier alpha value is -8.49. The van der Waals surface area contributed by atoms with E-state index in [9.17, 15) is 0 Å². The van der Waals surface area contributed by atoms with Crippen molar-refractivity contribution in [3.8, 4) is 0 Å². The molecule has 8 heteroatoms. The SMILES string of the molecule is Nc1ccc(C2=c3ccc([nH]3)=C(c3cnc4ccccc4c3)c3ccc([nH]3)C(c3cnc4ccccc4c3)=c3ccc([nH]3)=C(c3cnc4ccccc4c3)c3ccc2[nH]3)cc1. The summed E-state index contributed by atoms with van der Waals surface area (Å²) in [6.45, 7) is 0. The minimum atomic E-state index is 0.705. The second-order valence-electron chi connectivity index (χ2n) is 15.5. The first-order valence-electron chi connectivity index (χ1n) is 20.3. The molecule has 12 rings (SSSR count). The Balaban J connectivity index is 1.21. The van der Waals surface area contributed by atoms with Gasteiger partial charge in [0.15, 0.2) is 0 Å². The Bertz CT molecular complexity index is 3780. The van der Waals surface area contributed by atoms with E-state index in [1.165, 1.54) is 0 Å². The van der Waals surface area contributed by atoms with E-state index >= 15 is 0 Å². The molecule has 0 saturated carbocycles. The van der Waals surface area contributed by atoms with Crippen LogP contribution in [0.1, 0.15) is 45.0 Å². The lowest BCUT2D eigenvalue weighted by Crippen LogP contribution is -2.19. The maximum absolute atomic E-state index is 6.24. The van der Waals surface area contributed by atoms with Crippen molar-refractivity contribution >= 4 is 60.7 Å². The Morgan fingerprint density at radius 2 is 0.639 bits per heavy atom. The van der Waals surface area contributed by atoms with Gasteiger partial charge < -0.3 is 25.7 Å². The van der Waals surface area contributed by atoms with Crippen LogP contribution in [-0.2, 0) is 0 Å². The predicted molar refractivity (Wildman–Crippen MR) is 244 cm³/mol. The van der Waals surface area contributed by atoms with Crippen molar-refractivity contribution < 1.29 is 0 Å². The van der Waals surface area contributed by atoms with Crippen LogP contribution in [0.2, 0.25) is 0 Å². The second-order valence-corrected chi connectivity index (χ2v) is 15.5. The van der Waals surface area contributed by atoms with Crippen LogP contribution < -0.4 is 27.1 Å². The molecule has 6 N–H and O–H groups in total. The minimum Gasteiger partial charge on any atom is -0.399 e. The van der Waals surface area contributed by atoms with Crippen LogP contribution in [0.25, 0.3) is 55.0 Å². The number of H-pyrrole nitrogens is 4. The highest BCUT2D eigenvalue weighted by Gasteiger charge is 2.19. The van der Waals surface area contributed by atoms with Crippen LogP contribution in [0.15, 0.2) is 182 Å². The maximum atomic E-state index is 6.24. The van der Waals surface area contributed by atoms with E-state index in [-0.39, 0.29) is 0 Å². The monoisotopic (exact) mass is 784 g/mol. The van der Waals surface area contributed by atoms with Crippen LogP contribution >= 0.6 is 0 Å². The number of para-hydroxylation sites is 3. The molecule has 4 aromatic carbocycles. The summed E-state index contributed by atoms with van der Waals surface area (Å²) in [7, 11) is 0.